The second kappa shape index (κ2) is 5.28. The van der Waals surface area contributed by atoms with Crippen molar-refractivity contribution in [2.45, 2.75) is 39.0 Å². The smallest absolute Gasteiger partial charge is 0.240 e. The van der Waals surface area contributed by atoms with Crippen LogP contribution in [0.4, 0.5) is 5.69 Å². The van der Waals surface area contributed by atoms with Crippen molar-refractivity contribution < 1.29 is 8.42 Å². The van der Waals surface area contributed by atoms with Crippen molar-refractivity contribution in [1.82, 2.24) is 4.72 Å². The van der Waals surface area contributed by atoms with E-state index in [0.29, 0.717) is 18.7 Å². The summed E-state index contributed by atoms with van der Waals surface area (Å²) in [6.45, 7) is 8.27. The zero-order valence-corrected chi connectivity index (χ0v) is 12.3. The van der Waals surface area contributed by atoms with Gasteiger partial charge in [0.15, 0.2) is 0 Å². The van der Waals surface area contributed by atoms with Crippen molar-refractivity contribution in [2.24, 2.45) is 5.41 Å². The minimum Gasteiger partial charge on any atom is -0.399 e. The lowest BCUT2D eigenvalue weighted by Gasteiger charge is -2.19. The normalized spacial score (nSPS) is 12.7. The lowest BCUT2D eigenvalue weighted by Crippen LogP contribution is -2.32. The Labute approximate surface area is 110 Å². The molecule has 102 valence electrons. The van der Waals surface area contributed by atoms with Crippen molar-refractivity contribution in [3.63, 3.8) is 0 Å². The predicted molar refractivity (Wildman–Crippen MR) is 74.9 cm³/mol. The zero-order valence-electron chi connectivity index (χ0n) is 11.4. The molecule has 0 heterocycles. The van der Waals surface area contributed by atoms with Gasteiger partial charge in [-0.05, 0) is 29.5 Å². The molecule has 0 unspecified atom stereocenters. The number of nitrogens with one attached hydrogen (secondary N) is 1. The molecule has 4 nitrogen and oxygen atoms in total. The van der Waals surface area contributed by atoms with Crippen molar-refractivity contribution in [2.75, 3.05) is 12.3 Å². The van der Waals surface area contributed by atoms with Gasteiger partial charge in [0.25, 0.3) is 0 Å². The van der Waals surface area contributed by atoms with Gasteiger partial charge in [-0.3, -0.25) is 0 Å². The highest BCUT2D eigenvalue weighted by molar-refractivity contribution is 7.89. The molecule has 0 bridgehead atoms. The minimum absolute atomic E-state index is 0.0974. The average molecular weight is 270 g/mol. The molecule has 0 aliphatic heterocycles. The van der Waals surface area contributed by atoms with Crippen LogP contribution in [0, 0.1) is 5.41 Å². The van der Waals surface area contributed by atoms with Crippen LogP contribution < -0.4 is 10.5 Å². The summed E-state index contributed by atoms with van der Waals surface area (Å²) in [4.78, 5) is 0.286. The van der Waals surface area contributed by atoms with E-state index in [-0.39, 0.29) is 10.3 Å². The van der Waals surface area contributed by atoms with Crippen LogP contribution >= 0.6 is 0 Å². The van der Waals surface area contributed by atoms with Crippen LogP contribution in [0.5, 0.6) is 0 Å². The molecule has 0 spiro atoms. The summed E-state index contributed by atoms with van der Waals surface area (Å²) in [5.74, 6) is 0. The molecule has 18 heavy (non-hydrogen) atoms. The van der Waals surface area contributed by atoms with E-state index in [9.17, 15) is 8.42 Å². The third-order valence-electron chi connectivity index (χ3n) is 2.55. The largest absolute Gasteiger partial charge is 0.399 e. The standard InChI is InChI=1S/C13H22N2O2S/c1-5-10-6-7-11(14)8-12(10)18(16,17)15-9-13(2,3)4/h6-8,15H,5,9,14H2,1-4H3. The maximum atomic E-state index is 12.2. The number of rotatable bonds is 4. The third kappa shape index (κ3) is 3.99. The van der Waals surface area contributed by atoms with Gasteiger partial charge < -0.3 is 5.73 Å². The van der Waals surface area contributed by atoms with E-state index in [1.54, 1.807) is 12.1 Å². The van der Waals surface area contributed by atoms with Crippen LogP contribution in [-0.4, -0.2) is 15.0 Å². The van der Waals surface area contributed by atoms with Crippen molar-refractivity contribution >= 4 is 15.7 Å². The topological polar surface area (TPSA) is 72.2 Å². The summed E-state index contributed by atoms with van der Waals surface area (Å²) in [5.41, 5.74) is 6.82. The summed E-state index contributed by atoms with van der Waals surface area (Å²) in [6, 6.07) is 5.01. The molecule has 0 amide bonds. The Morgan fingerprint density at radius 1 is 1.28 bits per heavy atom. The summed E-state index contributed by atoms with van der Waals surface area (Å²) in [7, 11) is -3.49. The molecule has 1 aromatic carbocycles. The van der Waals surface area contributed by atoms with E-state index < -0.39 is 10.0 Å². The Balaban J connectivity index is 3.08. The molecule has 0 aliphatic carbocycles. The highest BCUT2D eigenvalue weighted by Gasteiger charge is 2.21. The Morgan fingerprint density at radius 2 is 1.89 bits per heavy atom. The quantitative estimate of drug-likeness (QED) is 0.823. The van der Waals surface area contributed by atoms with Crippen LogP contribution in [0.1, 0.15) is 33.3 Å². The van der Waals surface area contributed by atoms with Gasteiger partial charge in [-0.2, -0.15) is 0 Å². The summed E-state index contributed by atoms with van der Waals surface area (Å²) in [5, 5.41) is 0. The van der Waals surface area contributed by atoms with Gasteiger partial charge in [0.2, 0.25) is 10.0 Å². The fourth-order valence-corrected chi connectivity index (χ4v) is 3.13. The monoisotopic (exact) mass is 270 g/mol. The molecule has 0 fully saturated rings. The van der Waals surface area contributed by atoms with Crippen LogP contribution in [-0.2, 0) is 16.4 Å². The van der Waals surface area contributed by atoms with Gasteiger partial charge in [-0.25, -0.2) is 13.1 Å². The average Bonchev–Trinajstić information content (AvgIpc) is 2.26. The molecular formula is C13H22N2O2S. The molecule has 0 atom stereocenters. The number of benzene rings is 1. The van der Waals surface area contributed by atoms with Gasteiger partial charge in [0.1, 0.15) is 0 Å². The van der Waals surface area contributed by atoms with Crippen LogP contribution in [0.2, 0.25) is 0 Å². The van der Waals surface area contributed by atoms with E-state index in [0.717, 1.165) is 5.56 Å². The maximum absolute atomic E-state index is 12.2. The highest BCUT2D eigenvalue weighted by Crippen LogP contribution is 2.20. The van der Waals surface area contributed by atoms with Crippen LogP contribution in [0.25, 0.3) is 0 Å². The van der Waals surface area contributed by atoms with Crippen molar-refractivity contribution in [3.05, 3.63) is 23.8 Å². The molecule has 0 radical (unpaired) electrons. The SMILES string of the molecule is CCc1ccc(N)cc1S(=O)(=O)NCC(C)(C)C. The molecule has 0 aliphatic rings. The number of sulfonamides is 1. The molecule has 3 N–H and O–H groups in total. The number of hydrogen-bond acceptors (Lipinski definition) is 3. The van der Waals surface area contributed by atoms with Crippen LogP contribution in [0.15, 0.2) is 23.1 Å². The second-order valence-corrected chi connectivity index (χ2v) is 7.34. The molecule has 0 saturated heterocycles. The van der Waals surface area contributed by atoms with Crippen LogP contribution in [0.3, 0.4) is 0 Å². The molecular weight excluding hydrogens is 248 g/mol. The minimum atomic E-state index is -3.49. The van der Waals surface area contributed by atoms with E-state index >= 15 is 0 Å². The summed E-state index contributed by atoms with van der Waals surface area (Å²) < 4.78 is 27.1. The molecule has 5 heteroatoms. The Morgan fingerprint density at radius 3 is 2.39 bits per heavy atom. The van der Waals surface area contributed by atoms with Gasteiger partial charge in [0, 0.05) is 12.2 Å². The third-order valence-corrected chi connectivity index (χ3v) is 4.04. The molecule has 1 aromatic rings. The number of anilines is 1. The van der Waals surface area contributed by atoms with Gasteiger partial charge in [-0.1, -0.05) is 33.8 Å². The van der Waals surface area contributed by atoms with Gasteiger partial charge >= 0.3 is 0 Å². The molecule has 0 aromatic heterocycles. The first-order chi connectivity index (χ1) is 8.15. The van der Waals surface area contributed by atoms with E-state index in [1.807, 2.05) is 27.7 Å². The predicted octanol–water partition coefficient (Wildman–Crippen LogP) is 2.16. The van der Waals surface area contributed by atoms with Gasteiger partial charge in [-0.15, -0.1) is 0 Å². The van der Waals surface area contributed by atoms with E-state index in [2.05, 4.69) is 4.72 Å². The molecule has 0 saturated carbocycles. The highest BCUT2D eigenvalue weighted by atomic mass is 32.2. The maximum Gasteiger partial charge on any atom is 0.240 e. The Bertz CT molecular complexity index is 516. The number of nitrogens with two attached hydrogens (primary N) is 1. The fraction of sp³-hybridized carbons (Fsp3) is 0.538. The first-order valence-corrected chi connectivity index (χ1v) is 7.52. The van der Waals surface area contributed by atoms with E-state index in [4.69, 9.17) is 5.73 Å². The Hall–Kier alpha value is -1.07. The summed E-state index contributed by atoms with van der Waals surface area (Å²) >= 11 is 0. The lowest BCUT2D eigenvalue weighted by atomic mass is 9.98. The van der Waals surface area contributed by atoms with Crippen molar-refractivity contribution in [3.8, 4) is 0 Å². The summed E-state index contributed by atoms with van der Waals surface area (Å²) in [6.07, 6.45) is 0.659. The molecule has 1 rings (SSSR count). The Kier molecular flexibility index (Phi) is 4.40. The van der Waals surface area contributed by atoms with Gasteiger partial charge in [0.05, 0.1) is 4.90 Å². The fourth-order valence-electron chi connectivity index (χ4n) is 1.50. The second-order valence-electron chi connectivity index (χ2n) is 5.61. The first-order valence-electron chi connectivity index (χ1n) is 6.04. The number of hydrogen-bond donors (Lipinski definition) is 2. The first kappa shape index (κ1) is 15.0. The lowest BCUT2D eigenvalue weighted by molar-refractivity contribution is 0.407. The number of nitrogen functional groups attached to an aromatic ring is 1. The van der Waals surface area contributed by atoms with E-state index in [1.165, 1.54) is 6.07 Å². The zero-order chi connectivity index (χ0) is 14.0. The van der Waals surface area contributed by atoms with Crippen molar-refractivity contribution in [1.29, 1.82) is 0 Å². The number of aryl methyl sites for hydroxylation is 1.